The summed E-state index contributed by atoms with van der Waals surface area (Å²) in [6, 6.07) is 11.3. The van der Waals surface area contributed by atoms with Crippen molar-refractivity contribution in [3.05, 3.63) is 59.9 Å². The van der Waals surface area contributed by atoms with Crippen molar-refractivity contribution in [1.82, 2.24) is 4.98 Å². The van der Waals surface area contributed by atoms with Gasteiger partial charge in [0, 0.05) is 12.4 Å². The van der Waals surface area contributed by atoms with Gasteiger partial charge < -0.3 is 15.6 Å². The maximum atomic E-state index is 9.89. The molecule has 3 N–H and O–H groups in total. The lowest BCUT2D eigenvalue weighted by atomic mass is 10.1. The molecule has 0 aliphatic carbocycles. The number of benzene rings is 1. The molecule has 1 aromatic heterocycles. The van der Waals surface area contributed by atoms with E-state index in [0.29, 0.717) is 19.6 Å². The summed E-state index contributed by atoms with van der Waals surface area (Å²) in [6.45, 7) is 0.947. The summed E-state index contributed by atoms with van der Waals surface area (Å²) < 4.78 is 5.69. The second kappa shape index (κ2) is 6.87. The predicted molar refractivity (Wildman–Crippen MR) is 73.6 cm³/mol. The van der Waals surface area contributed by atoms with Crippen molar-refractivity contribution in [3.63, 3.8) is 0 Å². The lowest BCUT2D eigenvalue weighted by Gasteiger charge is -2.12. The molecule has 0 aliphatic heterocycles. The molecule has 100 valence electrons. The zero-order valence-corrected chi connectivity index (χ0v) is 10.7. The Labute approximate surface area is 112 Å². The summed E-state index contributed by atoms with van der Waals surface area (Å²) in [6.07, 6.45) is 3.49. The molecule has 2 rings (SSSR count). The van der Waals surface area contributed by atoms with Crippen molar-refractivity contribution in [3.8, 4) is 5.75 Å². The van der Waals surface area contributed by atoms with Crippen molar-refractivity contribution in [1.29, 1.82) is 0 Å². The third-order valence-electron chi connectivity index (χ3n) is 2.84. The fourth-order valence-corrected chi connectivity index (χ4v) is 1.78. The number of aliphatic hydroxyl groups excluding tert-OH is 1. The monoisotopic (exact) mass is 258 g/mol. The normalized spacial score (nSPS) is 12.1. The first-order valence-corrected chi connectivity index (χ1v) is 6.29. The molecule has 19 heavy (non-hydrogen) atoms. The van der Waals surface area contributed by atoms with Crippen LogP contribution in [0.25, 0.3) is 0 Å². The molecular formula is C15H18N2O2. The fourth-order valence-electron chi connectivity index (χ4n) is 1.78. The molecule has 0 amide bonds. The SMILES string of the molecule is NCC[C@@H](O)c1cccc(OCc2ccncc2)c1. The lowest BCUT2D eigenvalue weighted by Crippen LogP contribution is -2.06. The minimum Gasteiger partial charge on any atom is -0.489 e. The van der Waals surface area contributed by atoms with E-state index in [1.165, 1.54) is 0 Å². The van der Waals surface area contributed by atoms with E-state index in [0.717, 1.165) is 16.9 Å². The minimum absolute atomic E-state index is 0.462. The van der Waals surface area contributed by atoms with Crippen molar-refractivity contribution >= 4 is 0 Å². The molecule has 0 fully saturated rings. The highest BCUT2D eigenvalue weighted by Gasteiger charge is 2.07. The summed E-state index contributed by atoms with van der Waals surface area (Å²) in [5.41, 5.74) is 7.33. The van der Waals surface area contributed by atoms with Gasteiger partial charge in [-0.3, -0.25) is 4.98 Å². The minimum atomic E-state index is -0.533. The van der Waals surface area contributed by atoms with Gasteiger partial charge in [-0.2, -0.15) is 0 Å². The van der Waals surface area contributed by atoms with E-state index in [-0.39, 0.29) is 0 Å². The maximum absolute atomic E-state index is 9.89. The number of nitrogens with zero attached hydrogens (tertiary/aromatic N) is 1. The molecule has 1 aromatic carbocycles. The first-order chi connectivity index (χ1) is 9.29. The Hall–Kier alpha value is -1.91. The summed E-state index contributed by atoms with van der Waals surface area (Å²) >= 11 is 0. The summed E-state index contributed by atoms with van der Waals surface area (Å²) in [5, 5.41) is 9.89. The number of aromatic nitrogens is 1. The quantitative estimate of drug-likeness (QED) is 0.832. The lowest BCUT2D eigenvalue weighted by molar-refractivity contribution is 0.169. The molecule has 0 bridgehead atoms. The fraction of sp³-hybridized carbons (Fsp3) is 0.267. The molecule has 4 heteroatoms. The summed E-state index contributed by atoms with van der Waals surface area (Å²) in [4.78, 5) is 3.96. The Bertz CT molecular complexity index is 503. The highest BCUT2D eigenvalue weighted by Crippen LogP contribution is 2.21. The molecular weight excluding hydrogens is 240 g/mol. The molecule has 0 saturated carbocycles. The number of pyridine rings is 1. The number of aliphatic hydroxyl groups is 1. The van der Waals surface area contributed by atoms with Crippen LogP contribution in [0.3, 0.4) is 0 Å². The van der Waals surface area contributed by atoms with Crippen LogP contribution >= 0.6 is 0 Å². The van der Waals surface area contributed by atoms with Crippen LogP contribution in [-0.2, 0) is 6.61 Å². The van der Waals surface area contributed by atoms with Crippen LogP contribution in [0, 0.1) is 0 Å². The number of rotatable bonds is 6. The standard InChI is InChI=1S/C15H18N2O2/c16-7-4-15(18)13-2-1-3-14(10-13)19-11-12-5-8-17-9-6-12/h1-3,5-6,8-10,15,18H,4,7,11,16H2/t15-/m1/s1. The van der Waals surface area contributed by atoms with Gasteiger partial charge in [-0.1, -0.05) is 12.1 Å². The van der Waals surface area contributed by atoms with Gasteiger partial charge >= 0.3 is 0 Å². The van der Waals surface area contributed by atoms with E-state index in [1.807, 2.05) is 36.4 Å². The van der Waals surface area contributed by atoms with Crippen LogP contribution in [-0.4, -0.2) is 16.6 Å². The van der Waals surface area contributed by atoms with E-state index in [9.17, 15) is 5.11 Å². The molecule has 1 atom stereocenters. The maximum Gasteiger partial charge on any atom is 0.120 e. The first-order valence-electron chi connectivity index (χ1n) is 6.29. The molecule has 2 aromatic rings. The molecule has 1 heterocycles. The topological polar surface area (TPSA) is 68.4 Å². The summed E-state index contributed by atoms with van der Waals surface area (Å²) in [5.74, 6) is 0.741. The Morgan fingerprint density at radius 2 is 2.00 bits per heavy atom. The number of hydrogen-bond donors (Lipinski definition) is 2. The van der Waals surface area contributed by atoms with Crippen LogP contribution < -0.4 is 10.5 Å². The zero-order chi connectivity index (χ0) is 13.5. The number of hydrogen-bond acceptors (Lipinski definition) is 4. The van der Waals surface area contributed by atoms with Gasteiger partial charge in [0.1, 0.15) is 12.4 Å². The molecule has 0 aliphatic rings. The van der Waals surface area contributed by atoms with Crippen LogP contribution in [0.1, 0.15) is 23.7 Å². The van der Waals surface area contributed by atoms with Gasteiger partial charge in [-0.05, 0) is 48.4 Å². The van der Waals surface area contributed by atoms with Crippen molar-refractivity contribution < 1.29 is 9.84 Å². The van der Waals surface area contributed by atoms with Crippen molar-refractivity contribution in [2.45, 2.75) is 19.1 Å². The molecule has 0 spiro atoms. The Morgan fingerprint density at radius 3 is 2.74 bits per heavy atom. The van der Waals surface area contributed by atoms with Crippen molar-refractivity contribution in [2.75, 3.05) is 6.54 Å². The Morgan fingerprint density at radius 1 is 1.21 bits per heavy atom. The Balaban J connectivity index is 1.99. The average Bonchev–Trinajstić information content (AvgIpc) is 2.47. The van der Waals surface area contributed by atoms with Crippen LogP contribution in [0.4, 0.5) is 0 Å². The van der Waals surface area contributed by atoms with Gasteiger partial charge in [-0.15, -0.1) is 0 Å². The highest BCUT2D eigenvalue weighted by atomic mass is 16.5. The van der Waals surface area contributed by atoms with Gasteiger partial charge in [0.2, 0.25) is 0 Å². The number of nitrogens with two attached hydrogens (primary N) is 1. The zero-order valence-electron chi connectivity index (χ0n) is 10.7. The van der Waals surface area contributed by atoms with Gasteiger partial charge in [-0.25, -0.2) is 0 Å². The number of ether oxygens (including phenoxy) is 1. The molecule has 0 saturated heterocycles. The van der Waals surface area contributed by atoms with E-state index in [2.05, 4.69) is 4.98 Å². The van der Waals surface area contributed by atoms with E-state index < -0.39 is 6.10 Å². The Kier molecular flexibility index (Phi) is 4.89. The van der Waals surface area contributed by atoms with Crippen LogP contribution in [0.2, 0.25) is 0 Å². The van der Waals surface area contributed by atoms with Gasteiger partial charge in [0.25, 0.3) is 0 Å². The third-order valence-corrected chi connectivity index (χ3v) is 2.84. The predicted octanol–water partition coefficient (Wildman–Crippen LogP) is 2.04. The second-order valence-corrected chi connectivity index (χ2v) is 4.31. The largest absolute Gasteiger partial charge is 0.489 e. The van der Waals surface area contributed by atoms with Crippen LogP contribution in [0.15, 0.2) is 48.8 Å². The van der Waals surface area contributed by atoms with Gasteiger partial charge in [0.15, 0.2) is 0 Å². The smallest absolute Gasteiger partial charge is 0.120 e. The third kappa shape index (κ3) is 4.05. The first kappa shape index (κ1) is 13.5. The highest BCUT2D eigenvalue weighted by molar-refractivity contribution is 5.30. The van der Waals surface area contributed by atoms with Gasteiger partial charge in [0.05, 0.1) is 6.10 Å². The van der Waals surface area contributed by atoms with Crippen LogP contribution in [0.5, 0.6) is 5.75 Å². The molecule has 4 nitrogen and oxygen atoms in total. The van der Waals surface area contributed by atoms with E-state index in [4.69, 9.17) is 10.5 Å². The second-order valence-electron chi connectivity index (χ2n) is 4.31. The average molecular weight is 258 g/mol. The van der Waals surface area contributed by atoms with Crippen molar-refractivity contribution in [2.24, 2.45) is 5.73 Å². The summed E-state index contributed by atoms with van der Waals surface area (Å²) in [7, 11) is 0. The molecule has 0 unspecified atom stereocenters. The molecule has 0 radical (unpaired) electrons. The van der Waals surface area contributed by atoms with E-state index in [1.54, 1.807) is 12.4 Å². The van der Waals surface area contributed by atoms with E-state index >= 15 is 0 Å².